The number of rotatable bonds is 6. The number of benzene rings is 1. The maximum atomic E-state index is 6.35. The molecular formula is C15H19N5O. The second kappa shape index (κ2) is 6.07. The fourth-order valence-electron chi connectivity index (χ4n) is 2.52. The number of hydrogen-bond donors (Lipinski definition) is 2. The molecule has 2 aromatic heterocycles. The highest BCUT2D eigenvalue weighted by atomic mass is 16.5. The number of methoxy groups -OCH3 is 1. The molecule has 1 atom stereocenters. The van der Waals surface area contributed by atoms with Gasteiger partial charge in [0, 0.05) is 32.0 Å². The van der Waals surface area contributed by atoms with Gasteiger partial charge in [-0.2, -0.15) is 0 Å². The summed E-state index contributed by atoms with van der Waals surface area (Å²) in [5, 5.41) is 0. The molecule has 2 heterocycles. The molecule has 0 fully saturated rings. The van der Waals surface area contributed by atoms with Crippen molar-refractivity contribution in [2.75, 3.05) is 13.7 Å². The normalized spacial score (nSPS) is 12.9. The summed E-state index contributed by atoms with van der Waals surface area (Å²) in [6.07, 6.45) is 4.13. The number of hydrogen-bond acceptors (Lipinski definition) is 4. The second-order valence-electron chi connectivity index (χ2n) is 4.99. The molecule has 1 aromatic carbocycles. The Kier molecular flexibility index (Phi) is 3.98. The number of aromatic amines is 1. The van der Waals surface area contributed by atoms with Gasteiger partial charge in [0.05, 0.1) is 30.0 Å². The summed E-state index contributed by atoms with van der Waals surface area (Å²) in [5.41, 5.74) is 9.41. The Hall–Kier alpha value is -2.18. The summed E-state index contributed by atoms with van der Waals surface area (Å²) in [5.74, 6) is 0.878. The van der Waals surface area contributed by atoms with Crippen LogP contribution in [0.25, 0.3) is 11.0 Å². The van der Waals surface area contributed by atoms with Crippen LogP contribution < -0.4 is 5.73 Å². The standard InChI is InChI=1S/C15H19N5O/c1-21-7-6-20-14-5-3-2-4-13(14)19-15(20)12(16)8-11-9-17-10-18-11/h2-5,9-10,12H,6-8,16H2,1H3,(H,17,18). The van der Waals surface area contributed by atoms with Crippen molar-refractivity contribution >= 4 is 11.0 Å². The zero-order valence-corrected chi connectivity index (χ0v) is 12.0. The highest BCUT2D eigenvalue weighted by Crippen LogP contribution is 2.21. The Morgan fingerprint density at radius 3 is 3.00 bits per heavy atom. The first-order chi connectivity index (χ1) is 10.3. The van der Waals surface area contributed by atoms with Crippen LogP contribution in [0.5, 0.6) is 0 Å². The maximum Gasteiger partial charge on any atom is 0.127 e. The van der Waals surface area contributed by atoms with Gasteiger partial charge >= 0.3 is 0 Å². The van der Waals surface area contributed by atoms with Gasteiger partial charge in [0.2, 0.25) is 0 Å². The number of ether oxygens (including phenoxy) is 1. The van der Waals surface area contributed by atoms with Crippen LogP contribution in [0.4, 0.5) is 0 Å². The van der Waals surface area contributed by atoms with E-state index in [9.17, 15) is 0 Å². The fourth-order valence-corrected chi connectivity index (χ4v) is 2.52. The van der Waals surface area contributed by atoms with Crippen molar-refractivity contribution < 1.29 is 4.74 Å². The predicted molar refractivity (Wildman–Crippen MR) is 80.8 cm³/mol. The first-order valence-corrected chi connectivity index (χ1v) is 6.96. The van der Waals surface area contributed by atoms with Crippen molar-refractivity contribution in [3.8, 4) is 0 Å². The topological polar surface area (TPSA) is 81.8 Å². The van der Waals surface area contributed by atoms with Crippen molar-refractivity contribution in [2.24, 2.45) is 5.73 Å². The molecule has 3 aromatic rings. The third kappa shape index (κ3) is 2.81. The van der Waals surface area contributed by atoms with E-state index in [0.29, 0.717) is 13.0 Å². The van der Waals surface area contributed by atoms with Crippen LogP contribution in [0.15, 0.2) is 36.8 Å². The molecule has 0 saturated heterocycles. The zero-order valence-electron chi connectivity index (χ0n) is 12.0. The predicted octanol–water partition coefficient (Wildman–Crippen LogP) is 1.65. The Balaban J connectivity index is 1.95. The third-order valence-corrected chi connectivity index (χ3v) is 3.53. The summed E-state index contributed by atoms with van der Waals surface area (Å²) in [6.45, 7) is 1.37. The molecule has 6 heteroatoms. The van der Waals surface area contributed by atoms with E-state index in [4.69, 9.17) is 15.5 Å². The summed E-state index contributed by atoms with van der Waals surface area (Å²) < 4.78 is 7.34. The molecule has 6 nitrogen and oxygen atoms in total. The molecule has 0 amide bonds. The fraction of sp³-hybridized carbons (Fsp3) is 0.333. The van der Waals surface area contributed by atoms with Crippen LogP contribution in [0, 0.1) is 0 Å². The Morgan fingerprint density at radius 2 is 2.24 bits per heavy atom. The molecule has 0 aliphatic carbocycles. The molecule has 0 spiro atoms. The summed E-state index contributed by atoms with van der Waals surface area (Å²) in [7, 11) is 1.70. The van der Waals surface area contributed by atoms with Crippen molar-refractivity contribution in [1.82, 2.24) is 19.5 Å². The molecule has 21 heavy (non-hydrogen) atoms. The van der Waals surface area contributed by atoms with E-state index in [1.807, 2.05) is 18.2 Å². The third-order valence-electron chi connectivity index (χ3n) is 3.53. The smallest absolute Gasteiger partial charge is 0.127 e. The molecule has 0 aliphatic heterocycles. The van der Waals surface area contributed by atoms with E-state index in [1.54, 1.807) is 19.6 Å². The number of aromatic nitrogens is 4. The quantitative estimate of drug-likeness (QED) is 0.721. The van der Waals surface area contributed by atoms with E-state index in [1.165, 1.54) is 0 Å². The van der Waals surface area contributed by atoms with E-state index < -0.39 is 0 Å². The highest BCUT2D eigenvalue weighted by Gasteiger charge is 2.17. The average Bonchev–Trinajstić information content (AvgIpc) is 3.12. The van der Waals surface area contributed by atoms with Crippen LogP contribution in [0.1, 0.15) is 17.6 Å². The minimum Gasteiger partial charge on any atom is -0.383 e. The highest BCUT2D eigenvalue weighted by molar-refractivity contribution is 5.76. The lowest BCUT2D eigenvalue weighted by molar-refractivity contribution is 0.187. The van der Waals surface area contributed by atoms with Crippen LogP contribution in [0.3, 0.4) is 0 Å². The van der Waals surface area contributed by atoms with Crippen molar-refractivity contribution in [1.29, 1.82) is 0 Å². The second-order valence-corrected chi connectivity index (χ2v) is 4.99. The number of nitrogens with zero attached hydrogens (tertiary/aromatic N) is 3. The van der Waals surface area contributed by atoms with Gasteiger partial charge in [-0.25, -0.2) is 9.97 Å². The monoisotopic (exact) mass is 285 g/mol. The molecule has 0 aliphatic rings. The summed E-state index contributed by atoms with van der Waals surface area (Å²) in [4.78, 5) is 11.8. The van der Waals surface area contributed by atoms with E-state index in [2.05, 4.69) is 20.6 Å². The summed E-state index contributed by atoms with van der Waals surface area (Å²) in [6, 6.07) is 7.88. The van der Waals surface area contributed by atoms with Crippen molar-refractivity contribution in [3.05, 3.63) is 48.3 Å². The van der Waals surface area contributed by atoms with Gasteiger partial charge in [-0.05, 0) is 12.1 Å². The number of H-pyrrole nitrogens is 1. The van der Waals surface area contributed by atoms with Gasteiger partial charge in [-0.15, -0.1) is 0 Å². The van der Waals surface area contributed by atoms with E-state index in [-0.39, 0.29) is 6.04 Å². The first-order valence-electron chi connectivity index (χ1n) is 6.96. The lowest BCUT2D eigenvalue weighted by Crippen LogP contribution is -2.20. The van der Waals surface area contributed by atoms with Gasteiger partial charge in [0.1, 0.15) is 5.82 Å². The maximum absolute atomic E-state index is 6.35. The number of para-hydroxylation sites is 2. The van der Waals surface area contributed by atoms with Crippen molar-refractivity contribution in [2.45, 2.75) is 19.0 Å². The summed E-state index contributed by atoms with van der Waals surface area (Å²) >= 11 is 0. The van der Waals surface area contributed by atoms with Gasteiger partial charge in [-0.3, -0.25) is 0 Å². The first kappa shape index (κ1) is 13.8. The number of nitrogens with one attached hydrogen (secondary N) is 1. The molecular weight excluding hydrogens is 266 g/mol. The Labute approximate surface area is 123 Å². The largest absolute Gasteiger partial charge is 0.383 e. The molecule has 110 valence electrons. The van der Waals surface area contributed by atoms with E-state index in [0.717, 1.165) is 29.1 Å². The number of fused-ring (bicyclic) bond motifs is 1. The minimum absolute atomic E-state index is 0.185. The molecule has 3 rings (SSSR count). The molecule has 3 N–H and O–H groups in total. The van der Waals surface area contributed by atoms with E-state index >= 15 is 0 Å². The SMILES string of the molecule is COCCn1c(C(N)Cc2cnc[nH]2)nc2ccccc21. The van der Waals surface area contributed by atoms with Gasteiger partial charge < -0.3 is 20.0 Å². The minimum atomic E-state index is -0.185. The number of nitrogens with two attached hydrogens (primary N) is 1. The Morgan fingerprint density at radius 1 is 1.38 bits per heavy atom. The van der Waals surface area contributed by atoms with Crippen LogP contribution >= 0.6 is 0 Å². The molecule has 0 radical (unpaired) electrons. The molecule has 0 bridgehead atoms. The van der Waals surface area contributed by atoms with Crippen LogP contribution in [-0.4, -0.2) is 33.2 Å². The van der Waals surface area contributed by atoms with Gasteiger partial charge in [-0.1, -0.05) is 12.1 Å². The van der Waals surface area contributed by atoms with Crippen molar-refractivity contribution in [3.63, 3.8) is 0 Å². The van der Waals surface area contributed by atoms with Crippen LogP contribution in [0.2, 0.25) is 0 Å². The van der Waals surface area contributed by atoms with Crippen LogP contribution in [-0.2, 0) is 17.7 Å². The van der Waals surface area contributed by atoms with Gasteiger partial charge in [0.15, 0.2) is 0 Å². The van der Waals surface area contributed by atoms with Gasteiger partial charge in [0.25, 0.3) is 0 Å². The lowest BCUT2D eigenvalue weighted by atomic mass is 10.1. The number of imidazole rings is 2. The lowest BCUT2D eigenvalue weighted by Gasteiger charge is -2.14. The Bertz CT molecular complexity index is 704. The average molecular weight is 285 g/mol. The zero-order chi connectivity index (χ0) is 14.7. The molecule has 1 unspecified atom stereocenters. The molecule has 0 saturated carbocycles.